The number of halogens is 1. The Labute approximate surface area is 49.3 Å². The molecular weight excluding hydrogens is 112 g/mol. The van der Waals surface area contributed by atoms with Gasteiger partial charge in [-0.2, -0.15) is 0 Å². The predicted molar refractivity (Wildman–Crippen MR) is 31.6 cm³/mol. The molecule has 0 heterocycles. The van der Waals surface area contributed by atoms with Gasteiger partial charge in [0.1, 0.15) is 0 Å². The molecule has 1 atom stereocenters. The van der Waals surface area contributed by atoms with E-state index in [2.05, 4.69) is 0 Å². The van der Waals surface area contributed by atoms with Crippen LogP contribution in [0.5, 0.6) is 0 Å². The molecule has 0 fully saturated rings. The van der Waals surface area contributed by atoms with Gasteiger partial charge in [-0.3, -0.25) is 0 Å². The maximum Gasteiger partial charge on any atom is 0.0595 e. The van der Waals surface area contributed by atoms with E-state index in [-0.39, 0.29) is 12.0 Å². The Bertz CT molecular complexity index is 39.1. The van der Waals surface area contributed by atoms with Crippen LogP contribution in [-0.2, 0) is 0 Å². The summed E-state index contributed by atoms with van der Waals surface area (Å²) in [5, 5.41) is 8.31. The van der Waals surface area contributed by atoms with Crippen LogP contribution in [0, 0.1) is 0 Å². The van der Waals surface area contributed by atoms with Crippen molar-refractivity contribution >= 4 is 11.6 Å². The molecule has 2 heteroatoms. The standard InChI is InChI=1S/C5H11ClO/c1-2-3-5(6)4-7/h5,7H,2-4H2,1H3. The maximum absolute atomic E-state index is 8.33. The summed E-state index contributed by atoms with van der Waals surface area (Å²) < 4.78 is 0. The molecule has 1 unspecified atom stereocenters. The number of aliphatic hydroxyl groups is 1. The van der Waals surface area contributed by atoms with Gasteiger partial charge in [0.2, 0.25) is 0 Å². The van der Waals surface area contributed by atoms with Crippen molar-refractivity contribution in [2.45, 2.75) is 25.1 Å². The van der Waals surface area contributed by atoms with Crippen LogP contribution < -0.4 is 0 Å². The maximum atomic E-state index is 8.33. The third-order valence-electron chi connectivity index (χ3n) is 0.800. The first-order valence-electron chi connectivity index (χ1n) is 2.56. The van der Waals surface area contributed by atoms with Crippen LogP contribution in [0.25, 0.3) is 0 Å². The largest absolute Gasteiger partial charge is 0.395 e. The molecule has 0 aromatic heterocycles. The van der Waals surface area contributed by atoms with Crippen molar-refractivity contribution in [1.82, 2.24) is 0 Å². The van der Waals surface area contributed by atoms with E-state index < -0.39 is 0 Å². The fourth-order valence-corrected chi connectivity index (χ4v) is 0.623. The van der Waals surface area contributed by atoms with E-state index in [0.29, 0.717) is 0 Å². The van der Waals surface area contributed by atoms with E-state index in [1.54, 1.807) is 0 Å². The van der Waals surface area contributed by atoms with Gasteiger partial charge in [0, 0.05) is 0 Å². The molecule has 0 rings (SSSR count). The predicted octanol–water partition coefficient (Wildman–Crippen LogP) is 1.39. The lowest BCUT2D eigenvalue weighted by Crippen LogP contribution is -2.02. The van der Waals surface area contributed by atoms with Crippen LogP contribution in [0.3, 0.4) is 0 Å². The van der Waals surface area contributed by atoms with Crippen LogP contribution in [-0.4, -0.2) is 17.1 Å². The molecule has 0 saturated heterocycles. The molecule has 0 aliphatic rings. The number of rotatable bonds is 3. The molecule has 0 aromatic rings. The first kappa shape index (κ1) is 7.25. The van der Waals surface area contributed by atoms with Crippen LogP contribution in [0.1, 0.15) is 19.8 Å². The highest BCUT2D eigenvalue weighted by Crippen LogP contribution is 2.01. The molecule has 0 saturated carbocycles. The normalized spacial score (nSPS) is 14.1. The second-order valence-electron chi connectivity index (χ2n) is 1.57. The van der Waals surface area contributed by atoms with E-state index in [4.69, 9.17) is 16.7 Å². The molecule has 7 heavy (non-hydrogen) atoms. The van der Waals surface area contributed by atoms with Crippen molar-refractivity contribution in [2.75, 3.05) is 6.61 Å². The summed E-state index contributed by atoms with van der Waals surface area (Å²) in [6, 6.07) is 0. The van der Waals surface area contributed by atoms with Crippen molar-refractivity contribution in [1.29, 1.82) is 0 Å². The van der Waals surface area contributed by atoms with Crippen LogP contribution in [0.15, 0.2) is 0 Å². The van der Waals surface area contributed by atoms with Gasteiger partial charge in [-0.15, -0.1) is 11.6 Å². The Morgan fingerprint density at radius 1 is 1.71 bits per heavy atom. The number of aliphatic hydroxyl groups excluding tert-OH is 1. The summed E-state index contributed by atoms with van der Waals surface area (Å²) in [5.41, 5.74) is 0. The van der Waals surface area contributed by atoms with E-state index >= 15 is 0 Å². The molecule has 0 aliphatic heterocycles. The first-order valence-corrected chi connectivity index (χ1v) is 2.99. The average molecular weight is 123 g/mol. The van der Waals surface area contributed by atoms with Crippen molar-refractivity contribution < 1.29 is 5.11 Å². The van der Waals surface area contributed by atoms with Crippen molar-refractivity contribution in [3.8, 4) is 0 Å². The zero-order valence-corrected chi connectivity index (χ0v) is 5.28. The smallest absolute Gasteiger partial charge is 0.0595 e. The molecular formula is C5H11ClO. The summed E-state index contributed by atoms with van der Waals surface area (Å²) in [5.74, 6) is 0. The average Bonchev–Trinajstić information content (AvgIpc) is 1.68. The van der Waals surface area contributed by atoms with Gasteiger partial charge in [0.25, 0.3) is 0 Å². The highest BCUT2D eigenvalue weighted by molar-refractivity contribution is 6.20. The summed E-state index contributed by atoms with van der Waals surface area (Å²) >= 11 is 5.52. The fraction of sp³-hybridized carbons (Fsp3) is 1.00. The quantitative estimate of drug-likeness (QED) is 0.561. The molecule has 1 nitrogen and oxygen atoms in total. The minimum absolute atomic E-state index is 0.0231. The van der Waals surface area contributed by atoms with E-state index in [0.717, 1.165) is 12.8 Å². The highest BCUT2D eigenvalue weighted by Gasteiger charge is 1.96. The minimum atomic E-state index is -0.0231. The van der Waals surface area contributed by atoms with Gasteiger partial charge >= 0.3 is 0 Å². The first-order chi connectivity index (χ1) is 3.31. The minimum Gasteiger partial charge on any atom is -0.395 e. The second kappa shape index (κ2) is 4.41. The Balaban J connectivity index is 2.83. The Morgan fingerprint density at radius 3 is 2.43 bits per heavy atom. The second-order valence-corrected chi connectivity index (χ2v) is 2.19. The van der Waals surface area contributed by atoms with Crippen molar-refractivity contribution in [3.05, 3.63) is 0 Å². The summed E-state index contributed by atoms with van der Waals surface area (Å²) in [6.07, 6.45) is 1.97. The number of hydrogen-bond acceptors (Lipinski definition) is 1. The van der Waals surface area contributed by atoms with E-state index in [9.17, 15) is 0 Å². The van der Waals surface area contributed by atoms with Gasteiger partial charge in [-0.05, 0) is 6.42 Å². The van der Waals surface area contributed by atoms with Gasteiger partial charge in [0.15, 0.2) is 0 Å². The molecule has 0 bridgehead atoms. The lowest BCUT2D eigenvalue weighted by Gasteiger charge is -1.99. The Kier molecular flexibility index (Phi) is 4.57. The van der Waals surface area contributed by atoms with Gasteiger partial charge < -0.3 is 5.11 Å². The van der Waals surface area contributed by atoms with Gasteiger partial charge in [-0.1, -0.05) is 13.3 Å². The van der Waals surface area contributed by atoms with Crippen LogP contribution >= 0.6 is 11.6 Å². The van der Waals surface area contributed by atoms with Gasteiger partial charge in [0.05, 0.1) is 12.0 Å². The molecule has 0 aliphatic carbocycles. The topological polar surface area (TPSA) is 20.2 Å². The van der Waals surface area contributed by atoms with Crippen molar-refractivity contribution in [2.24, 2.45) is 0 Å². The molecule has 44 valence electrons. The number of alkyl halides is 1. The fourth-order valence-electron chi connectivity index (χ4n) is 0.405. The van der Waals surface area contributed by atoms with Crippen molar-refractivity contribution in [3.63, 3.8) is 0 Å². The highest BCUT2D eigenvalue weighted by atomic mass is 35.5. The lowest BCUT2D eigenvalue weighted by molar-refractivity contribution is 0.287. The van der Waals surface area contributed by atoms with Crippen LogP contribution in [0.4, 0.5) is 0 Å². The molecule has 0 radical (unpaired) electrons. The van der Waals surface area contributed by atoms with E-state index in [1.165, 1.54) is 0 Å². The molecule has 0 aromatic carbocycles. The van der Waals surface area contributed by atoms with Crippen LogP contribution in [0.2, 0.25) is 0 Å². The summed E-state index contributed by atoms with van der Waals surface area (Å²) in [4.78, 5) is 0. The monoisotopic (exact) mass is 122 g/mol. The third kappa shape index (κ3) is 4.10. The number of hydrogen-bond donors (Lipinski definition) is 1. The zero-order valence-electron chi connectivity index (χ0n) is 4.52. The SMILES string of the molecule is CCCC(Cl)CO. The summed E-state index contributed by atoms with van der Waals surface area (Å²) in [7, 11) is 0. The molecule has 0 spiro atoms. The van der Waals surface area contributed by atoms with E-state index in [1.807, 2.05) is 6.92 Å². The summed E-state index contributed by atoms with van der Waals surface area (Å²) in [6.45, 7) is 2.15. The Hall–Kier alpha value is 0.250. The molecule has 0 amide bonds. The Morgan fingerprint density at radius 2 is 2.29 bits per heavy atom. The third-order valence-corrected chi connectivity index (χ3v) is 1.16. The zero-order chi connectivity index (χ0) is 5.70. The van der Waals surface area contributed by atoms with Gasteiger partial charge in [-0.25, -0.2) is 0 Å². The lowest BCUT2D eigenvalue weighted by atomic mass is 10.3. The molecule has 1 N–H and O–H groups in total.